The van der Waals surface area contributed by atoms with Gasteiger partial charge in [-0.05, 0) is 18.1 Å². The van der Waals surface area contributed by atoms with Gasteiger partial charge in [-0.25, -0.2) is 9.48 Å². The second kappa shape index (κ2) is 6.01. The number of hydrogen-bond acceptors (Lipinski definition) is 3. The summed E-state index contributed by atoms with van der Waals surface area (Å²) in [5.41, 5.74) is -1.47. The van der Waals surface area contributed by atoms with E-state index < -0.39 is 23.4 Å². The van der Waals surface area contributed by atoms with Gasteiger partial charge in [0.1, 0.15) is 11.4 Å². The Labute approximate surface area is 140 Å². The maximum Gasteiger partial charge on any atom is 0.436 e. The van der Waals surface area contributed by atoms with Gasteiger partial charge in [-0.15, -0.1) is 0 Å². The van der Waals surface area contributed by atoms with E-state index in [1.807, 2.05) is 0 Å². The molecule has 1 aliphatic heterocycles. The minimum atomic E-state index is -4.83. The minimum absolute atomic E-state index is 0.0269. The van der Waals surface area contributed by atoms with Crippen molar-refractivity contribution in [3.8, 4) is 0 Å². The Morgan fingerprint density at radius 1 is 1.29 bits per heavy atom. The predicted molar refractivity (Wildman–Crippen MR) is 81.3 cm³/mol. The van der Waals surface area contributed by atoms with E-state index in [9.17, 15) is 23.1 Å². The summed E-state index contributed by atoms with van der Waals surface area (Å²) in [7, 11) is 0. The number of carboxylic acid groups (broad SMARTS) is 1. The molecule has 0 spiro atoms. The molecule has 5 nitrogen and oxygen atoms in total. The van der Waals surface area contributed by atoms with Crippen molar-refractivity contribution in [3.05, 3.63) is 46.1 Å². The van der Waals surface area contributed by atoms with Crippen LogP contribution in [0, 0.1) is 0 Å². The molecule has 0 bridgehead atoms. The molecule has 128 valence electrons. The Bertz CT molecular complexity index is 789. The lowest BCUT2D eigenvalue weighted by Crippen LogP contribution is -2.33. The number of anilines is 1. The van der Waals surface area contributed by atoms with Crippen LogP contribution in [0.4, 0.5) is 19.0 Å². The van der Waals surface area contributed by atoms with E-state index in [1.54, 1.807) is 29.2 Å². The van der Waals surface area contributed by atoms with E-state index >= 15 is 0 Å². The highest BCUT2D eigenvalue weighted by molar-refractivity contribution is 6.31. The van der Waals surface area contributed by atoms with Gasteiger partial charge in [0.05, 0.1) is 0 Å². The number of alkyl halides is 3. The zero-order valence-electron chi connectivity index (χ0n) is 12.3. The molecule has 9 heteroatoms. The largest absolute Gasteiger partial charge is 0.477 e. The van der Waals surface area contributed by atoms with Crippen molar-refractivity contribution in [1.82, 2.24) is 9.78 Å². The average molecular weight is 360 g/mol. The van der Waals surface area contributed by atoms with E-state index in [-0.39, 0.29) is 18.9 Å². The Kier molecular flexibility index (Phi) is 4.16. The first-order chi connectivity index (χ1) is 11.3. The van der Waals surface area contributed by atoms with Crippen molar-refractivity contribution < 1.29 is 23.1 Å². The number of halogens is 4. The molecule has 24 heavy (non-hydrogen) atoms. The van der Waals surface area contributed by atoms with Crippen LogP contribution < -0.4 is 4.90 Å². The normalized spacial score (nSPS) is 14.6. The predicted octanol–water partition coefficient (Wildman–Crippen LogP) is 3.66. The van der Waals surface area contributed by atoms with Gasteiger partial charge in [-0.3, -0.25) is 0 Å². The van der Waals surface area contributed by atoms with Crippen LogP contribution in [0.15, 0.2) is 24.3 Å². The SMILES string of the molecule is O=C(O)c1c(C(F)(F)F)nn2c1N(Cc1ccccc1Cl)CCC2. The topological polar surface area (TPSA) is 58.4 Å². The van der Waals surface area contributed by atoms with Gasteiger partial charge >= 0.3 is 12.1 Å². The molecule has 0 unspecified atom stereocenters. The number of nitrogens with zero attached hydrogens (tertiary/aromatic N) is 3. The second-order valence-corrected chi connectivity index (χ2v) is 5.85. The van der Waals surface area contributed by atoms with Crippen LogP contribution in [0.25, 0.3) is 0 Å². The van der Waals surface area contributed by atoms with Crippen LogP contribution in [0.1, 0.15) is 28.0 Å². The molecule has 0 saturated heterocycles. The Morgan fingerprint density at radius 2 is 2.00 bits per heavy atom. The molecule has 1 aromatic carbocycles. The summed E-state index contributed by atoms with van der Waals surface area (Å²) in [5.74, 6) is -1.67. The third kappa shape index (κ3) is 2.93. The van der Waals surface area contributed by atoms with E-state index in [0.29, 0.717) is 23.6 Å². The Hall–Kier alpha value is -2.22. The number of aromatic nitrogens is 2. The van der Waals surface area contributed by atoms with E-state index in [1.165, 1.54) is 0 Å². The molecule has 0 saturated carbocycles. The van der Waals surface area contributed by atoms with E-state index in [0.717, 1.165) is 4.68 Å². The summed E-state index contributed by atoms with van der Waals surface area (Å²) in [6, 6.07) is 6.94. The molecule has 0 amide bonds. The molecular weight excluding hydrogens is 347 g/mol. The zero-order chi connectivity index (χ0) is 17.5. The molecule has 0 fully saturated rings. The summed E-state index contributed by atoms with van der Waals surface area (Å²) in [5, 5.41) is 13.3. The highest BCUT2D eigenvalue weighted by Crippen LogP contribution is 2.38. The summed E-state index contributed by atoms with van der Waals surface area (Å²) >= 11 is 6.11. The summed E-state index contributed by atoms with van der Waals surface area (Å²) < 4.78 is 40.5. The molecule has 1 N–H and O–H groups in total. The van der Waals surface area contributed by atoms with Gasteiger partial charge in [-0.1, -0.05) is 29.8 Å². The third-order valence-electron chi connectivity index (χ3n) is 3.82. The highest BCUT2D eigenvalue weighted by Gasteiger charge is 2.43. The molecule has 0 radical (unpaired) electrons. The maximum atomic E-state index is 13.1. The van der Waals surface area contributed by atoms with Crippen LogP contribution in [0.3, 0.4) is 0 Å². The van der Waals surface area contributed by atoms with Crippen molar-refractivity contribution in [1.29, 1.82) is 0 Å². The van der Waals surface area contributed by atoms with Crippen LogP contribution >= 0.6 is 11.6 Å². The fourth-order valence-corrected chi connectivity index (χ4v) is 3.02. The third-order valence-corrected chi connectivity index (χ3v) is 4.19. The molecule has 2 aromatic rings. The smallest absolute Gasteiger partial charge is 0.436 e. The standard InChI is InChI=1S/C15H13ClF3N3O2/c16-10-5-2-1-4-9(10)8-21-6-3-7-22-13(21)11(14(23)24)12(20-22)15(17,18)19/h1-2,4-5H,3,6-8H2,(H,23,24). The first-order valence-electron chi connectivity index (χ1n) is 7.18. The number of benzene rings is 1. The van der Waals surface area contributed by atoms with Crippen molar-refractivity contribution in [2.24, 2.45) is 0 Å². The number of aryl methyl sites for hydroxylation is 1. The van der Waals surface area contributed by atoms with Crippen molar-refractivity contribution in [2.45, 2.75) is 25.7 Å². The number of aromatic carboxylic acids is 1. The fourth-order valence-electron chi connectivity index (χ4n) is 2.83. The lowest BCUT2D eigenvalue weighted by molar-refractivity contribution is -0.142. The maximum absolute atomic E-state index is 13.1. The summed E-state index contributed by atoms with van der Waals surface area (Å²) in [4.78, 5) is 13.0. The monoisotopic (exact) mass is 359 g/mol. The highest BCUT2D eigenvalue weighted by atomic mass is 35.5. The molecule has 1 aromatic heterocycles. The molecule has 1 aliphatic rings. The van der Waals surface area contributed by atoms with Gasteiger partial charge < -0.3 is 10.0 Å². The van der Waals surface area contributed by atoms with Crippen molar-refractivity contribution >= 4 is 23.4 Å². The van der Waals surface area contributed by atoms with Gasteiger partial charge in [0.25, 0.3) is 0 Å². The Morgan fingerprint density at radius 3 is 2.62 bits per heavy atom. The molecule has 0 atom stereocenters. The number of carboxylic acids is 1. The van der Waals surface area contributed by atoms with Gasteiger partial charge in [-0.2, -0.15) is 18.3 Å². The van der Waals surface area contributed by atoms with E-state index in [4.69, 9.17) is 11.6 Å². The Balaban J connectivity index is 2.08. The number of fused-ring (bicyclic) bond motifs is 1. The van der Waals surface area contributed by atoms with Gasteiger partial charge in [0, 0.05) is 24.7 Å². The second-order valence-electron chi connectivity index (χ2n) is 5.44. The van der Waals surface area contributed by atoms with Crippen LogP contribution in [0.2, 0.25) is 5.02 Å². The van der Waals surface area contributed by atoms with Crippen LogP contribution in [-0.2, 0) is 19.3 Å². The number of rotatable bonds is 3. The summed E-state index contributed by atoms with van der Waals surface area (Å²) in [6.07, 6.45) is -4.26. The zero-order valence-corrected chi connectivity index (χ0v) is 13.1. The fraction of sp³-hybridized carbons (Fsp3) is 0.333. The molecule has 0 aliphatic carbocycles. The van der Waals surface area contributed by atoms with E-state index in [2.05, 4.69) is 5.10 Å². The summed E-state index contributed by atoms with van der Waals surface area (Å²) in [6.45, 7) is 0.877. The van der Waals surface area contributed by atoms with Crippen molar-refractivity contribution in [2.75, 3.05) is 11.4 Å². The van der Waals surface area contributed by atoms with Crippen molar-refractivity contribution in [3.63, 3.8) is 0 Å². The van der Waals surface area contributed by atoms with Gasteiger partial charge in [0.15, 0.2) is 5.69 Å². The molecule has 2 heterocycles. The lowest BCUT2D eigenvalue weighted by Gasteiger charge is -2.30. The van der Waals surface area contributed by atoms with Crippen LogP contribution in [0.5, 0.6) is 0 Å². The first-order valence-corrected chi connectivity index (χ1v) is 7.56. The number of hydrogen-bond donors (Lipinski definition) is 1. The lowest BCUT2D eigenvalue weighted by atomic mass is 10.1. The first kappa shape index (κ1) is 16.6. The molecule has 3 rings (SSSR count). The number of carbonyl (C=O) groups is 1. The average Bonchev–Trinajstić information content (AvgIpc) is 2.90. The molecular formula is C15H13ClF3N3O2. The van der Waals surface area contributed by atoms with Gasteiger partial charge in [0.2, 0.25) is 0 Å². The minimum Gasteiger partial charge on any atom is -0.477 e. The quantitative estimate of drug-likeness (QED) is 0.908. The van der Waals surface area contributed by atoms with Crippen LogP contribution in [-0.4, -0.2) is 27.4 Å².